The number of alkyl halides is 3. The fourth-order valence-electron chi connectivity index (χ4n) is 2.56. The topological polar surface area (TPSA) is 94.2 Å². The summed E-state index contributed by atoms with van der Waals surface area (Å²) < 4.78 is 43.6. The molecule has 28 heavy (non-hydrogen) atoms. The monoisotopic (exact) mass is 409 g/mol. The number of carbonyl (C=O) groups is 1. The van der Waals surface area contributed by atoms with Crippen LogP contribution in [0.15, 0.2) is 42.6 Å². The molecule has 0 aliphatic carbocycles. The molecule has 0 spiro atoms. The first-order valence-corrected chi connectivity index (χ1v) is 8.23. The Morgan fingerprint density at radius 2 is 1.93 bits per heavy atom. The van der Waals surface area contributed by atoms with Crippen molar-refractivity contribution in [2.75, 3.05) is 10.6 Å². The molecule has 1 amide bonds. The second kappa shape index (κ2) is 7.35. The van der Waals surface area contributed by atoms with Crippen molar-refractivity contribution in [3.05, 3.63) is 48.2 Å². The lowest BCUT2D eigenvalue weighted by atomic mass is 10.1. The quantitative estimate of drug-likeness (QED) is 0.572. The van der Waals surface area contributed by atoms with Crippen LogP contribution in [0.2, 0.25) is 0 Å². The van der Waals surface area contributed by atoms with Gasteiger partial charge in [-0.15, -0.1) is 13.2 Å². The van der Waals surface area contributed by atoms with Gasteiger partial charge in [0.15, 0.2) is 10.9 Å². The Labute approximate surface area is 162 Å². The average Bonchev–Trinajstić information content (AvgIpc) is 2.97. The number of carbonyl (C=O) groups excluding carboxylic acids is 1. The van der Waals surface area contributed by atoms with Crippen molar-refractivity contribution < 1.29 is 22.7 Å². The minimum absolute atomic E-state index is 0.00538. The van der Waals surface area contributed by atoms with Crippen LogP contribution in [0.4, 0.5) is 24.5 Å². The van der Waals surface area contributed by atoms with Crippen molar-refractivity contribution in [1.29, 1.82) is 0 Å². The summed E-state index contributed by atoms with van der Waals surface area (Å²) >= 11 is 5.20. The highest BCUT2D eigenvalue weighted by atomic mass is 32.1. The molecule has 4 N–H and O–H groups in total. The number of nitrogens with one attached hydrogen (secondary N) is 2. The largest absolute Gasteiger partial charge is 0.573 e. The minimum atomic E-state index is -4.92. The van der Waals surface area contributed by atoms with Crippen LogP contribution < -0.4 is 21.1 Å². The van der Waals surface area contributed by atoms with Crippen molar-refractivity contribution in [2.45, 2.75) is 6.36 Å². The first-order valence-electron chi connectivity index (χ1n) is 7.82. The number of hydrogen-bond acceptors (Lipinski definition) is 4. The predicted octanol–water partition coefficient (Wildman–Crippen LogP) is 3.38. The summed E-state index contributed by atoms with van der Waals surface area (Å²) in [7, 11) is 1.78. The fourth-order valence-corrected chi connectivity index (χ4v) is 2.78. The third-order valence-corrected chi connectivity index (χ3v) is 3.98. The lowest BCUT2D eigenvalue weighted by molar-refractivity contribution is -0.274. The molecule has 1 heterocycles. The van der Waals surface area contributed by atoms with E-state index in [2.05, 4.69) is 20.5 Å². The number of primary amides is 1. The third kappa shape index (κ3) is 4.31. The van der Waals surface area contributed by atoms with Gasteiger partial charge in [0.1, 0.15) is 0 Å². The number of aromatic nitrogens is 2. The van der Waals surface area contributed by atoms with Gasteiger partial charge in [0.2, 0.25) is 5.91 Å². The van der Waals surface area contributed by atoms with Gasteiger partial charge in [0.05, 0.1) is 23.1 Å². The number of thiocarbonyl (C=S) groups is 1. The van der Waals surface area contributed by atoms with E-state index in [1.54, 1.807) is 30.1 Å². The SMILES string of the molecule is Cn1ncc2c(NC(=S)Nc3cc(C(N)=O)ccc3OC(F)(F)F)cccc21. The maximum atomic E-state index is 12.6. The van der Waals surface area contributed by atoms with Crippen molar-refractivity contribution in [1.82, 2.24) is 9.78 Å². The van der Waals surface area contributed by atoms with Crippen LogP contribution in [0.25, 0.3) is 10.9 Å². The summed E-state index contributed by atoms with van der Waals surface area (Å²) in [5.74, 6) is -1.36. The number of halogens is 3. The Kier molecular flexibility index (Phi) is 5.10. The standard InChI is InChI=1S/C17H14F3N5O2S/c1-25-13-4-2-3-11(10(13)8-22-25)23-16(28)24-12-7-9(15(21)26)5-6-14(12)27-17(18,19)20/h2-8H,1H3,(H2,21,26)(H2,23,24,28). The highest BCUT2D eigenvalue weighted by Gasteiger charge is 2.32. The number of fused-ring (bicyclic) bond motifs is 1. The molecule has 7 nitrogen and oxygen atoms in total. The zero-order chi connectivity index (χ0) is 20.5. The Bertz CT molecular complexity index is 1060. The van der Waals surface area contributed by atoms with Crippen LogP contribution in [0.3, 0.4) is 0 Å². The van der Waals surface area contributed by atoms with Gasteiger partial charge in [-0.25, -0.2) is 0 Å². The lowest BCUT2D eigenvalue weighted by Gasteiger charge is -2.17. The van der Waals surface area contributed by atoms with Crippen LogP contribution >= 0.6 is 12.2 Å². The number of amides is 1. The number of aryl methyl sites for hydroxylation is 1. The number of anilines is 2. The van der Waals surface area contributed by atoms with E-state index < -0.39 is 18.0 Å². The zero-order valence-electron chi connectivity index (χ0n) is 14.4. The number of nitrogens with two attached hydrogens (primary N) is 1. The van der Waals surface area contributed by atoms with E-state index in [9.17, 15) is 18.0 Å². The van der Waals surface area contributed by atoms with Crippen molar-refractivity contribution in [3.63, 3.8) is 0 Å². The molecule has 0 fully saturated rings. The molecule has 0 unspecified atom stereocenters. The van der Waals surface area contributed by atoms with Gasteiger partial charge in [-0.2, -0.15) is 5.10 Å². The summed E-state index contributed by atoms with van der Waals surface area (Å²) in [4.78, 5) is 11.3. The molecule has 0 aliphatic heterocycles. The first kappa shape index (κ1) is 19.4. The van der Waals surface area contributed by atoms with Crippen molar-refractivity contribution in [2.24, 2.45) is 12.8 Å². The van der Waals surface area contributed by atoms with Gasteiger partial charge >= 0.3 is 6.36 Å². The van der Waals surface area contributed by atoms with Crippen LogP contribution in [0, 0.1) is 0 Å². The minimum Gasteiger partial charge on any atom is -0.404 e. The van der Waals surface area contributed by atoms with E-state index in [4.69, 9.17) is 18.0 Å². The predicted molar refractivity (Wildman–Crippen MR) is 102 cm³/mol. The molecular weight excluding hydrogens is 395 g/mol. The second-order valence-corrected chi connectivity index (χ2v) is 6.12. The van der Waals surface area contributed by atoms with Gasteiger partial charge in [0, 0.05) is 18.0 Å². The number of rotatable bonds is 4. The molecule has 11 heteroatoms. The third-order valence-electron chi connectivity index (χ3n) is 3.78. The van der Waals surface area contributed by atoms with Crippen LogP contribution in [0.1, 0.15) is 10.4 Å². The molecule has 0 aliphatic rings. The summed E-state index contributed by atoms with van der Waals surface area (Å²) in [6.07, 6.45) is -3.28. The van der Waals surface area contributed by atoms with E-state index in [0.29, 0.717) is 5.69 Å². The summed E-state index contributed by atoms with van der Waals surface area (Å²) in [5.41, 5.74) is 6.47. The number of nitrogens with zero attached hydrogens (tertiary/aromatic N) is 2. The molecular formula is C17H14F3N5O2S. The molecule has 1 aromatic heterocycles. The Balaban J connectivity index is 1.87. The van der Waals surface area contributed by atoms with E-state index in [0.717, 1.165) is 29.1 Å². The molecule has 3 rings (SSSR count). The maximum absolute atomic E-state index is 12.6. The number of benzene rings is 2. The van der Waals surface area contributed by atoms with Crippen LogP contribution in [-0.2, 0) is 7.05 Å². The average molecular weight is 409 g/mol. The molecule has 0 atom stereocenters. The Morgan fingerprint density at radius 3 is 2.61 bits per heavy atom. The van der Waals surface area contributed by atoms with Crippen molar-refractivity contribution in [3.8, 4) is 5.75 Å². The molecule has 0 bridgehead atoms. The second-order valence-electron chi connectivity index (χ2n) is 5.71. The van der Waals surface area contributed by atoms with E-state index in [-0.39, 0.29) is 16.4 Å². The smallest absolute Gasteiger partial charge is 0.404 e. The summed E-state index contributed by atoms with van der Waals surface area (Å²) in [6.45, 7) is 0. The maximum Gasteiger partial charge on any atom is 0.573 e. The highest BCUT2D eigenvalue weighted by molar-refractivity contribution is 7.80. The summed E-state index contributed by atoms with van der Waals surface area (Å²) in [6, 6.07) is 8.62. The molecule has 3 aromatic rings. The van der Waals surface area contributed by atoms with Gasteiger partial charge in [-0.3, -0.25) is 9.48 Å². The highest BCUT2D eigenvalue weighted by Crippen LogP contribution is 2.31. The first-order chi connectivity index (χ1) is 13.1. The van der Waals surface area contributed by atoms with Crippen molar-refractivity contribution >= 4 is 45.5 Å². The van der Waals surface area contributed by atoms with Gasteiger partial charge < -0.3 is 21.1 Å². The van der Waals surface area contributed by atoms with Gasteiger partial charge in [-0.1, -0.05) is 6.07 Å². The number of hydrogen-bond donors (Lipinski definition) is 3. The van der Waals surface area contributed by atoms with E-state index in [1.165, 1.54) is 0 Å². The number of ether oxygens (including phenoxy) is 1. The lowest BCUT2D eigenvalue weighted by Crippen LogP contribution is -2.23. The zero-order valence-corrected chi connectivity index (χ0v) is 15.2. The molecule has 0 saturated heterocycles. The molecule has 2 aromatic carbocycles. The molecule has 146 valence electrons. The van der Waals surface area contributed by atoms with Crippen LogP contribution in [0.5, 0.6) is 5.75 Å². The Morgan fingerprint density at radius 1 is 1.21 bits per heavy atom. The molecule has 0 saturated carbocycles. The molecule has 0 radical (unpaired) electrons. The van der Waals surface area contributed by atoms with Gasteiger partial charge in [-0.05, 0) is 42.5 Å². The normalized spacial score (nSPS) is 11.3. The van der Waals surface area contributed by atoms with Crippen LogP contribution in [-0.4, -0.2) is 27.2 Å². The van der Waals surface area contributed by atoms with E-state index in [1.807, 2.05) is 6.07 Å². The Hall–Kier alpha value is -3.34. The summed E-state index contributed by atoms with van der Waals surface area (Å²) in [5, 5.41) is 10.4. The fraction of sp³-hybridized carbons (Fsp3) is 0.118. The van der Waals surface area contributed by atoms with E-state index >= 15 is 0 Å². The van der Waals surface area contributed by atoms with Gasteiger partial charge in [0.25, 0.3) is 0 Å².